The first-order valence-corrected chi connectivity index (χ1v) is 18.6. The minimum Gasteiger partial charge on any atom is -0.437 e. The van der Waals surface area contributed by atoms with Gasteiger partial charge in [-0.3, -0.25) is 0 Å². The van der Waals surface area contributed by atoms with Crippen LogP contribution in [0.15, 0.2) is 179 Å². The second-order valence-electron chi connectivity index (χ2n) is 13.7. The molecule has 0 saturated carbocycles. The number of aromatic nitrogens is 2. The number of benzene rings is 7. The summed E-state index contributed by atoms with van der Waals surface area (Å²) in [5, 5.41) is 0. The second-order valence-corrected chi connectivity index (χ2v) is 13.7. The lowest BCUT2D eigenvalue weighted by molar-refractivity contribution is 0.580. The largest absolute Gasteiger partial charge is 0.437 e. The maximum Gasteiger partial charge on any atom is 0.220 e. The Morgan fingerprint density at radius 3 is 1.07 bits per heavy atom. The third-order valence-corrected chi connectivity index (χ3v) is 9.82. The summed E-state index contributed by atoms with van der Waals surface area (Å²) in [7, 11) is 0. The molecule has 6 heteroatoms. The molecule has 0 fully saturated rings. The molecule has 7 aromatic carbocycles. The zero-order valence-electron chi connectivity index (χ0n) is 31.1. The van der Waals surface area contributed by atoms with E-state index < -0.39 is 0 Å². The van der Waals surface area contributed by atoms with Crippen LogP contribution in [0.3, 0.4) is 0 Å². The Kier molecular flexibility index (Phi) is 9.27. The molecule has 0 bridgehead atoms. The van der Waals surface area contributed by atoms with Gasteiger partial charge in [-0.1, -0.05) is 84.9 Å². The van der Waals surface area contributed by atoms with E-state index in [4.69, 9.17) is 18.8 Å². The van der Waals surface area contributed by atoms with Crippen molar-refractivity contribution in [3.05, 3.63) is 204 Å². The lowest BCUT2D eigenvalue weighted by Gasteiger charge is -2.26. The third kappa shape index (κ3) is 7.11. The van der Waals surface area contributed by atoms with Gasteiger partial charge in [0.05, 0.1) is 0 Å². The lowest BCUT2D eigenvalue weighted by Crippen LogP contribution is -2.09. The third-order valence-electron chi connectivity index (χ3n) is 9.82. The molecule has 0 radical (unpaired) electrons. The number of oxazole rings is 2. The minimum atomic E-state index is 0.517. The van der Waals surface area contributed by atoms with E-state index in [-0.39, 0.29) is 0 Å². The molecular formula is C50H38N4O2. The maximum absolute atomic E-state index is 6.15. The van der Waals surface area contributed by atoms with E-state index in [0.717, 1.165) is 67.4 Å². The molecule has 9 aromatic rings. The molecular weight excluding hydrogens is 689 g/mol. The summed E-state index contributed by atoms with van der Waals surface area (Å²) in [5.41, 5.74) is 13.8. The number of fused-ring (bicyclic) bond motifs is 2. The molecule has 0 N–H and O–H groups in total. The number of rotatable bonds is 10. The van der Waals surface area contributed by atoms with Gasteiger partial charge < -0.3 is 18.6 Å². The van der Waals surface area contributed by atoms with Crippen LogP contribution in [0.4, 0.5) is 34.1 Å². The van der Waals surface area contributed by atoms with Crippen molar-refractivity contribution >= 4 is 80.6 Å². The topological polar surface area (TPSA) is 58.5 Å². The van der Waals surface area contributed by atoms with Crippen LogP contribution in [-0.2, 0) is 0 Å². The van der Waals surface area contributed by atoms with Gasteiger partial charge in [-0.05, 0) is 127 Å². The summed E-state index contributed by atoms with van der Waals surface area (Å²) in [5.74, 6) is 1.03. The Morgan fingerprint density at radius 1 is 0.375 bits per heavy atom. The minimum absolute atomic E-state index is 0.517. The fourth-order valence-corrected chi connectivity index (χ4v) is 7.02. The number of para-hydroxylation sites is 4. The van der Waals surface area contributed by atoms with Gasteiger partial charge in [0.15, 0.2) is 11.2 Å². The number of anilines is 6. The van der Waals surface area contributed by atoms with Gasteiger partial charge in [-0.25, -0.2) is 9.97 Å². The van der Waals surface area contributed by atoms with E-state index in [9.17, 15) is 0 Å². The zero-order valence-corrected chi connectivity index (χ0v) is 31.1. The molecule has 2 heterocycles. The summed E-state index contributed by atoms with van der Waals surface area (Å²) >= 11 is 0. The molecule has 6 nitrogen and oxygen atoms in total. The molecule has 270 valence electrons. The summed E-state index contributed by atoms with van der Waals surface area (Å²) in [6.07, 6.45) is 7.90. The van der Waals surface area contributed by atoms with Crippen molar-refractivity contribution in [2.24, 2.45) is 0 Å². The Labute approximate surface area is 325 Å². The van der Waals surface area contributed by atoms with Crippen LogP contribution in [0.2, 0.25) is 0 Å². The molecule has 2 aromatic heterocycles. The van der Waals surface area contributed by atoms with Crippen molar-refractivity contribution in [2.45, 2.75) is 13.8 Å². The fourth-order valence-electron chi connectivity index (χ4n) is 7.02. The highest BCUT2D eigenvalue weighted by atomic mass is 16.4. The monoisotopic (exact) mass is 726 g/mol. The van der Waals surface area contributed by atoms with Crippen LogP contribution < -0.4 is 9.80 Å². The van der Waals surface area contributed by atoms with Crippen molar-refractivity contribution in [1.29, 1.82) is 0 Å². The van der Waals surface area contributed by atoms with Gasteiger partial charge in [0.25, 0.3) is 0 Å². The van der Waals surface area contributed by atoms with Crippen LogP contribution in [0.25, 0.3) is 46.5 Å². The van der Waals surface area contributed by atoms with Gasteiger partial charge in [0.2, 0.25) is 11.8 Å². The molecule has 0 aliphatic carbocycles. The van der Waals surface area contributed by atoms with E-state index in [1.165, 1.54) is 0 Å². The molecule has 0 atom stereocenters. The SMILES string of the molecule is Cc1cc(N(c2ccccc2)c2ccccc2)ccc1C=Cc1nc2cc3nc(C=Cc4ccc(N(c5ccccc5)c5ccccc5)cc4C)oc3cc2o1. The van der Waals surface area contributed by atoms with Gasteiger partial charge >= 0.3 is 0 Å². The van der Waals surface area contributed by atoms with Crippen LogP contribution in [-0.4, -0.2) is 9.97 Å². The van der Waals surface area contributed by atoms with Gasteiger partial charge in [-0.15, -0.1) is 0 Å². The summed E-state index contributed by atoms with van der Waals surface area (Å²) in [6, 6.07) is 58.4. The first-order chi connectivity index (χ1) is 27.6. The molecule has 0 saturated heterocycles. The van der Waals surface area contributed by atoms with Crippen molar-refractivity contribution in [2.75, 3.05) is 9.80 Å². The van der Waals surface area contributed by atoms with E-state index >= 15 is 0 Å². The molecule has 0 amide bonds. The fraction of sp³-hybridized carbons (Fsp3) is 0.0400. The van der Waals surface area contributed by atoms with Gasteiger partial charge in [0.1, 0.15) is 11.0 Å². The predicted molar refractivity (Wildman–Crippen MR) is 231 cm³/mol. The highest BCUT2D eigenvalue weighted by Crippen LogP contribution is 2.37. The average Bonchev–Trinajstić information content (AvgIpc) is 3.83. The second kappa shape index (κ2) is 15.1. The van der Waals surface area contributed by atoms with Crippen LogP contribution in [0, 0.1) is 13.8 Å². The molecule has 0 aliphatic rings. The Morgan fingerprint density at radius 2 is 0.732 bits per heavy atom. The van der Waals surface area contributed by atoms with E-state index in [1.54, 1.807) is 0 Å². The standard InChI is InChI=1S/C50H38N4O2/c1-35-31-43(53(39-15-7-3-8-16-39)40-17-9-4-10-18-40)27-23-37(35)25-29-49-51-45-33-46-48(34-47(45)55-49)56-50(52-46)30-26-38-24-28-44(32-36(38)2)54(41-19-11-5-12-20-41)42-21-13-6-14-22-42/h3-34H,1-2H3. The molecule has 0 aliphatic heterocycles. The highest BCUT2D eigenvalue weighted by Gasteiger charge is 2.15. The maximum atomic E-state index is 6.15. The zero-order chi connectivity index (χ0) is 37.8. The Hall–Kier alpha value is -7.44. The van der Waals surface area contributed by atoms with Crippen molar-refractivity contribution in [1.82, 2.24) is 9.97 Å². The smallest absolute Gasteiger partial charge is 0.220 e. The Bertz CT molecular complexity index is 2500. The number of aryl methyl sites for hydroxylation is 2. The van der Waals surface area contributed by atoms with Gasteiger partial charge in [0, 0.05) is 52.3 Å². The Balaban J connectivity index is 0.924. The average molecular weight is 727 g/mol. The molecule has 0 spiro atoms. The van der Waals surface area contributed by atoms with Crippen LogP contribution in [0.5, 0.6) is 0 Å². The highest BCUT2D eigenvalue weighted by molar-refractivity contribution is 5.91. The first-order valence-electron chi connectivity index (χ1n) is 18.6. The number of nitrogens with zero attached hydrogens (tertiary/aromatic N) is 4. The molecule has 9 rings (SSSR count). The van der Waals surface area contributed by atoms with Crippen LogP contribution >= 0.6 is 0 Å². The van der Waals surface area contributed by atoms with Gasteiger partial charge in [-0.2, -0.15) is 0 Å². The molecule has 56 heavy (non-hydrogen) atoms. The van der Waals surface area contributed by atoms with E-state index in [0.29, 0.717) is 22.9 Å². The quantitative estimate of drug-likeness (QED) is 0.140. The van der Waals surface area contributed by atoms with Crippen LogP contribution in [0.1, 0.15) is 34.0 Å². The summed E-state index contributed by atoms with van der Waals surface area (Å²) < 4.78 is 12.3. The lowest BCUT2D eigenvalue weighted by atomic mass is 10.1. The van der Waals surface area contributed by atoms with Crippen molar-refractivity contribution < 1.29 is 8.83 Å². The first kappa shape index (κ1) is 34.3. The van der Waals surface area contributed by atoms with Crippen molar-refractivity contribution in [3.63, 3.8) is 0 Å². The van der Waals surface area contributed by atoms with E-state index in [1.807, 2.05) is 60.7 Å². The molecule has 0 unspecified atom stereocenters. The predicted octanol–water partition coefficient (Wildman–Crippen LogP) is 13.9. The van der Waals surface area contributed by atoms with Crippen molar-refractivity contribution in [3.8, 4) is 0 Å². The number of hydrogen-bond acceptors (Lipinski definition) is 6. The number of hydrogen-bond donors (Lipinski definition) is 0. The van der Waals surface area contributed by atoms with E-state index in [2.05, 4.69) is 157 Å². The normalized spacial score (nSPS) is 11.6. The summed E-state index contributed by atoms with van der Waals surface area (Å²) in [4.78, 5) is 14.0. The summed E-state index contributed by atoms with van der Waals surface area (Å²) in [6.45, 7) is 4.24.